The van der Waals surface area contributed by atoms with Crippen LogP contribution in [0, 0.1) is 5.92 Å². The van der Waals surface area contributed by atoms with Gasteiger partial charge in [0.15, 0.2) is 0 Å². The maximum absolute atomic E-state index is 12.4. The zero-order valence-electron chi connectivity index (χ0n) is 23.2. The molecule has 1 saturated carbocycles. The molecule has 1 fully saturated rings. The standard InChI is InChI=1S/C29H35N5O5S/c1-6-23-16(3)26-19(28(35)39-23)8-9-24(34-26)33-25-12-20-21(13-31-25)27(32-14-22(20)29(4,30)7-2)38-18-10-17(11-18)15-40(5,36)37/h6,8-9,12-14,16-18,23H,1,7,10-11,15,30H2,2-5H3,(H,31,33,34)/t16-,17?,18?,23-,29+/m0/s1. The molecule has 0 spiro atoms. The number of esters is 1. The van der Waals surface area contributed by atoms with Crippen molar-refractivity contribution in [2.45, 2.75) is 63.7 Å². The van der Waals surface area contributed by atoms with E-state index in [0.717, 1.165) is 16.3 Å². The van der Waals surface area contributed by atoms with Crippen LogP contribution in [0.2, 0.25) is 0 Å². The van der Waals surface area contributed by atoms with Crippen molar-refractivity contribution >= 4 is 38.2 Å². The number of ether oxygens (including phenoxy) is 2. The van der Waals surface area contributed by atoms with Crippen LogP contribution in [0.3, 0.4) is 0 Å². The summed E-state index contributed by atoms with van der Waals surface area (Å²) < 4.78 is 34.9. The first-order chi connectivity index (χ1) is 18.9. The van der Waals surface area contributed by atoms with Gasteiger partial charge in [0.25, 0.3) is 0 Å². The molecule has 0 amide bonds. The number of hydrogen-bond acceptors (Lipinski definition) is 10. The van der Waals surface area contributed by atoms with E-state index in [1.165, 1.54) is 6.26 Å². The Hall–Kier alpha value is -3.57. The second kappa shape index (κ2) is 10.4. The normalized spacial score (nSPS) is 23.9. The lowest BCUT2D eigenvalue weighted by Crippen LogP contribution is -2.37. The fraction of sp³-hybridized carbons (Fsp3) is 0.448. The largest absolute Gasteiger partial charge is 0.474 e. The summed E-state index contributed by atoms with van der Waals surface area (Å²) in [5.41, 5.74) is 7.96. The first-order valence-electron chi connectivity index (χ1n) is 13.4. The highest BCUT2D eigenvalue weighted by Crippen LogP contribution is 2.38. The zero-order valence-corrected chi connectivity index (χ0v) is 24.0. The van der Waals surface area contributed by atoms with Gasteiger partial charge in [0, 0.05) is 30.1 Å². The maximum atomic E-state index is 12.4. The first kappa shape index (κ1) is 28.0. The molecule has 3 aromatic heterocycles. The van der Waals surface area contributed by atoms with Crippen LogP contribution >= 0.6 is 0 Å². The number of rotatable bonds is 9. The summed E-state index contributed by atoms with van der Waals surface area (Å²) >= 11 is 0. The molecular weight excluding hydrogens is 530 g/mol. The molecule has 1 aliphatic heterocycles. The molecule has 1 aliphatic carbocycles. The summed E-state index contributed by atoms with van der Waals surface area (Å²) in [5, 5.41) is 4.84. The van der Waals surface area contributed by atoms with E-state index in [-0.39, 0.29) is 23.7 Å². The number of pyridine rings is 3. The molecule has 3 atom stereocenters. The predicted octanol–water partition coefficient (Wildman–Crippen LogP) is 4.38. The highest BCUT2D eigenvalue weighted by atomic mass is 32.2. The van der Waals surface area contributed by atoms with E-state index in [0.29, 0.717) is 48.0 Å². The second-order valence-electron chi connectivity index (χ2n) is 11.2. The Labute approximate surface area is 234 Å². The minimum atomic E-state index is -3.02. The van der Waals surface area contributed by atoms with Crippen LogP contribution < -0.4 is 15.8 Å². The van der Waals surface area contributed by atoms with Crippen LogP contribution in [0.5, 0.6) is 5.88 Å². The molecule has 0 aromatic carbocycles. The molecule has 0 bridgehead atoms. The molecule has 2 aliphatic rings. The average molecular weight is 566 g/mol. The SMILES string of the molecule is C=C[C@@H]1OC(=O)c2ccc(Nc3cc4c([C@](C)(N)CC)cnc(OC5CC(CS(C)(=O)=O)C5)c4cn3)nc2[C@H]1C. The van der Waals surface area contributed by atoms with Gasteiger partial charge in [-0.05, 0) is 61.3 Å². The van der Waals surface area contributed by atoms with Crippen molar-refractivity contribution in [1.29, 1.82) is 0 Å². The number of cyclic esters (lactones) is 1. The van der Waals surface area contributed by atoms with Gasteiger partial charge in [0.2, 0.25) is 5.88 Å². The Kier molecular flexibility index (Phi) is 7.30. The van der Waals surface area contributed by atoms with Crippen LogP contribution in [0.15, 0.2) is 43.2 Å². The smallest absolute Gasteiger partial charge is 0.340 e. The van der Waals surface area contributed by atoms with Gasteiger partial charge in [-0.2, -0.15) is 0 Å². The fourth-order valence-corrected chi connectivity index (χ4v) is 6.43. The van der Waals surface area contributed by atoms with Gasteiger partial charge >= 0.3 is 5.97 Å². The second-order valence-corrected chi connectivity index (χ2v) is 13.4. The Bertz CT molecular complexity index is 1580. The number of aromatic nitrogens is 3. The van der Waals surface area contributed by atoms with Crippen molar-refractivity contribution in [3.63, 3.8) is 0 Å². The highest BCUT2D eigenvalue weighted by Gasteiger charge is 2.35. The van der Waals surface area contributed by atoms with Gasteiger partial charge in [-0.1, -0.05) is 26.5 Å². The minimum absolute atomic E-state index is 0.0994. The summed E-state index contributed by atoms with van der Waals surface area (Å²) in [5.74, 6) is 1.25. The molecule has 0 unspecified atom stereocenters. The quantitative estimate of drug-likeness (QED) is 0.283. The first-order valence-corrected chi connectivity index (χ1v) is 15.5. The summed E-state index contributed by atoms with van der Waals surface area (Å²) in [7, 11) is -3.02. The van der Waals surface area contributed by atoms with Gasteiger partial charge in [-0.3, -0.25) is 0 Å². The average Bonchev–Trinajstić information content (AvgIpc) is 2.88. The molecule has 0 radical (unpaired) electrons. The Morgan fingerprint density at radius 3 is 2.65 bits per heavy atom. The molecule has 40 heavy (non-hydrogen) atoms. The molecule has 11 heteroatoms. The molecule has 3 N–H and O–H groups in total. The van der Waals surface area contributed by atoms with Crippen molar-refractivity contribution in [1.82, 2.24) is 15.0 Å². The lowest BCUT2D eigenvalue weighted by Gasteiger charge is -2.35. The molecule has 212 valence electrons. The third-order valence-corrected chi connectivity index (χ3v) is 8.97. The third-order valence-electron chi connectivity index (χ3n) is 7.89. The lowest BCUT2D eigenvalue weighted by molar-refractivity contribution is 0.0302. The van der Waals surface area contributed by atoms with Gasteiger partial charge in [-0.25, -0.2) is 28.2 Å². The van der Waals surface area contributed by atoms with E-state index < -0.39 is 27.4 Å². The molecule has 10 nitrogen and oxygen atoms in total. The van der Waals surface area contributed by atoms with Crippen LogP contribution in [-0.4, -0.2) is 53.6 Å². The fourth-order valence-electron chi connectivity index (χ4n) is 5.30. The van der Waals surface area contributed by atoms with Gasteiger partial charge in [0.05, 0.1) is 22.4 Å². The zero-order chi connectivity index (χ0) is 28.8. The van der Waals surface area contributed by atoms with E-state index in [2.05, 4.69) is 21.9 Å². The summed E-state index contributed by atoms with van der Waals surface area (Å²) in [6.07, 6.45) is 7.80. The Morgan fingerprint density at radius 1 is 1.23 bits per heavy atom. The molecule has 0 saturated heterocycles. The summed E-state index contributed by atoms with van der Waals surface area (Å²) in [6.45, 7) is 9.69. The highest BCUT2D eigenvalue weighted by molar-refractivity contribution is 7.90. The van der Waals surface area contributed by atoms with E-state index in [1.54, 1.807) is 30.6 Å². The van der Waals surface area contributed by atoms with Crippen LogP contribution in [0.25, 0.3) is 10.8 Å². The lowest BCUT2D eigenvalue weighted by atomic mass is 9.84. The van der Waals surface area contributed by atoms with E-state index in [4.69, 9.17) is 20.2 Å². The monoisotopic (exact) mass is 565 g/mol. The van der Waals surface area contributed by atoms with Crippen LogP contribution in [-0.2, 0) is 20.1 Å². The summed E-state index contributed by atoms with van der Waals surface area (Å²) in [4.78, 5) is 26.3. The number of carbonyl (C=O) groups is 1. The van der Waals surface area contributed by atoms with Gasteiger partial charge < -0.3 is 20.5 Å². The minimum Gasteiger partial charge on any atom is -0.474 e. The van der Waals surface area contributed by atoms with Crippen molar-refractivity contribution in [2.75, 3.05) is 17.3 Å². The van der Waals surface area contributed by atoms with Crippen molar-refractivity contribution < 1.29 is 22.7 Å². The molecule has 5 rings (SSSR count). The number of nitrogens with two attached hydrogens (primary N) is 1. The van der Waals surface area contributed by atoms with Crippen LogP contribution in [0.4, 0.5) is 11.6 Å². The Balaban J connectivity index is 1.45. The number of nitrogens with one attached hydrogen (secondary N) is 1. The van der Waals surface area contributed by atoms with E-state index >= 15 is 0 Å². The molecule has 3 aromatic rings. The molecule has 4 heterocycles. The van der Waals surface area contributed by atoms with Gasteiger partial charge in [-0.15, -0.1) is 0 Å². The maximum Gasteiger partial charge on any atom is 0.340 e. The van der Waals surface area contributed by atoms with Crippen molar-refractivity contribution in [2.24, 2.45) is 11.7 Å². The number of hydrogen-bond donors (Lipinski definition) is 2. The third kappa shape index (κ3) is 5.53. The van der Waals surface area contributed by atoms with Crippen LogP contribution in [0.1, 0.15) is 67.6 Å². The topological polar surface area (TPSA) is 146 Å². The number of sulfone groups is 1. The number of carbonyl (C=O) groups excluding carboxylic acids is 1. The van der Waals surface area contributed by atoms with Crippen molar-refractivity contribution in [3.8, 4) is 5.88 Å². The predicted molar refractivity (Wildman–Crippen MR) is 154 cm³/mol. The summed E-state index contributed by atoms with van der Waals surface area (Å²) in [6, 6.07) is 5.32. The van der Waals surface area contributed by atoms with Gasteiger partial charge in [0.1, 0.15) is 33.7 Å². The molecular formula is C29H35N5O5S. The number of fused-ring (bicyclic) bond motifs is 2. The number of nitrogens with zero attached hydrogens (tertiary/aromatic N) is 3. The van der Waals surface area contributed by atoms with E-state index in [9.17, 15) is 13.2 Å². The van der Waals surface area contributed by atoms with E-state index in [1.807, 2.05) is 26.8 Å². The van der Waals surface area contributed by atoms with Crippen molar-refractivity contribution in [3.05, 3.63) is 60.1 Å². The number of anilines is 2. The Morgan fingerprint density at radius 2 is 1.98 bits per heavy atom.